The fourth-order valence-electron chi connectivity index (χ4n) is 3.99. The Morgan fingerprint density at radius 3 is 2.56 bits per heavy atom. The van der Waals surface area contributed by atoms with E-state index in [4.69, 9.17) is 0 Å². The quantitative estimate of drug-likeness (QED) is 0.866. The molecule has 0 aromatic heterocycles. The van der Waals surface area contributed by atoms with E-state index < -0.39 is 0 Å². The Balaban J connectivity index is 1.64. The zero-order chi connectivity index (χ0) is 19.0. The maximum absolute atomic E-state index is 12.3. The predicted molar refractivity (Wildman–Crippen MR) is 107 cm³/mol. The monoisotopic (exact) mass is 363 g/mol. The second-order valence-electron chi connectivity index (χ2n) is 7.80. The van der Waals surface area contributed by atoms with Crippen molar-refractivity contribution in [1.82, 2.24) is 5.32 Å². The second kappa shape index (κ2) is 7.06. The highest BCUT2D eigenvalue weighted by Gasteiger charge is 2.28. The molecule has 2 aliphatic rings. The first-order valence-electron chi connectivity index (χ1n) is 9.59. The summed E-state index contributed by atoms with van der Waals surface area (Å²) < 4.78 is 0. The van der Waals surface area contributed by atoms with Crippen LogP contribution in [0, 0.1) is 5.92 Å². The lowest BCUT2D eigenvalue weighted by molar-refractivity contribution is -0.116. The molecule has 5 heteroatoms. The molecule has 27 heavy (non-hydrogen) atoms. The number of rotatable bonds is 4. The third-order valence-corrected chi connectivity index (χ3v) is 5.27. The minimum atomic E-state index is -0.0885. The van der Waals surface area contributed by atoms with Gasteiger partial charge in [0.15, 0.2) is 0 Å². The van der Waals surface area contributed by atoms with Crippen molar-refractivity contribution < 1.29 is 9.59 Å². The largest absolute Gasteiger partial charge is 0.336 e. The third kappa shape index (κ3) is 3.54. The van der Waals surface area contributed by atoms with Crippen LogP contribution >= 0.6 is 0 Å². The lowest BCUT2D eigenvalue weighted by Gasteiger charge is -2.27. The average Bonchev–Trinajstić information content (AvgIpc) is 3.06. The fourth-order valence-corrected chi connectivity index (χ4v) is 3.99. The van der Waals surface area contributed by atoms with E-state index in [2.05, 4.69) is 48.7 Å². The summed E-state index contributed by atoms with van der Waals surface area (Å²) in [6, 6.07) is 14.5. The molecule has 140 valence electrons. The predicted octanol–water partition coefficient (Wildman–Crippen LogP) is 3.89. The SMILES string of the molecule is CC(C)Cc1ccc([C@@H]2CC(=O)Nc3cc(N4CCNC4=O)ccc32)cc1. The number of fused-ring (bicyclic) bond motifs is 1. The van der Waals surface area contributed by atoms with Crippen LogP contribution in [0.2, 0.25) is 0 Å². The van der Waals surface area contributed by atoms with E-state index in [-0.39, 0.29) is 17.9 Å². The van der Waals surface area contributed by atoms with Crippen LogP contribution < -0.4 is 15.5 Å². The van der Waals surface area contributed by atoms with Crippen LogP contribution in [-0.4, -0.2) is 25.0 Å². The van der Waals surface area contributed by atoms with E-state index >= 15 is 0 Å². The Bertz CT molecular complexity index is 874. The van der Waals surface area contributed by atoms with Crippen LogP contribution in [0.15, 0.2) is 42.5 Å². The van der Waals surface area contributed by atoms with Gasteiger partial charge in [-0.2, -0.15) is 0 Å². The van der Waals surface area contributed by atoms with Gasteiger partial charge in [0, 0.05) is 36.8 Å². The van der Waals surface area contributed by atoms with Gasteiger partial charge in [-0.05, 0) is 41.2 Å². The lowest BCUT2D eigenvalue weighted by atomic mass is 9.84. The Morgan fingerprint density at radius 1 is 1.11 bits per heavy atom. The number of hydrogen-bond acceptors (Lipinski definition) is 2. The average molecular weight is 363 g/mol. The van der Waals surface area contributed by atoms with Gasteiger partial charge in [0.25, 0.3) is 0 Å². The minimum absolute atomic E-state index is 0.0155. The molecule has 1 fully saturated rings. The molecule has 2 heterocycles. The van der Waals surface area contributed by atoms with Gasteiger partial charge >= 0.3 is 6.03 Å². The molecule has 0 aliphatic carbocycles. The highest BCUT2D eigenvalue weighted by molar-refractivity contribution is 5.98. The standard InChI is InChI=1S/C22H25N3O2/c1-14(2)11-15-3-5-16(6-4-15)19-13-21(26)24-20-12-17(7-8-18(19)20)25-10-9-23-22(25)27/h3-8,12,14,19H,9-11,13H2,1-2H3,(H,23,27)(H,24,26)/t19-/m0/s1. The van der Waals surface area contributed by atoms with Crippen LogP contribution in [0.1, 0.15) is 42.9 Å². The van der Waals surface area contributed by atoms with Crippen molar-refractivity contribution in [2.45, 2.75) is 32.6 Å². The molecular weight excluding hydrogens is 338 g/mol. The lowest BCUT2D eigenvalue weighted by Crippen LogP contribution is -2.28. The summed E-state index contributed by atoms with van der Waals surface area (Å²) in [4.78, 5) is 25.9. The summed E-state index contributed by atoms with van der Waals surface area (Å²) in [5.41, 5.74) is 5.21. The van der Waals surface area contributed by atoms with Crippen molar-refractivity contribution in [1.29, 1.82) is 0 Å². The number of urea groups is 1. The molecule has 2 aromatic rings. The van der Waals surface area contributed by atoms with Crippen molar-refractivity contribution in [2.75, 3.05) is 23.3 Å². The molecule has 1 atom stereocenters. The molecular formula is C22H25N3O2. The smallest absolute Gasteiger partial charge is 0.321 e. The van der Waals surface area contributed by atoms with Crippen molar-refractivity contribution in [3.05, 3.63) is 59.2 Å². The van der Waals surface area contributed by atoms with Crippen molar-refractivity contribution in [3.63, 3.8) is 0 Å². The summed E-state index contributed by atoms with van der Waals surface area (Å²) >= 11 is 0. The zero-order valence-electron chi connectivity index (χ0n) is 15.8. The van der Waals surface area contributed by atoms with Crippen LogP contribution in [-0.2, 0) is 11.2 Å². The molecule has 5 nitrogen and oxygen atoms in total. The molecule has 2 aromatic carbocycles. The number of carbonyl (C=O) groups excluding carboxylic acids is 2. The molecule has 2 aliphatic heterocycles. The third-order valence-electron chi connectivity index (χ3n) is 5.27. The van der Waals surface area contributed by atoms with Crippen LogP contribution in [0.5, 0.6) is 0 Å². The molecule has 0 unspecified atom stereocenters. The van der Waals surface area contributed by atoms with Gasteiger partial charge < -0.3 is 10.6 Å². The number of nitrogens with one attached hydrogen (secondary N) is 2. The van der Waals surface area contributed by atoms with Crippen molar-refractivity contribution in [3.8, 4) is 0 Å². The van der Waals surface area contributed by atoms with Gasteiger partial charge in [-0.25, -0.2) is 4.79 Å². The molecule has 0 bridgehead atoms. The first-order valence-corrected chi connectivity index (χ1v) is 9.59. The van der Waals surface area contributed by atoms with Gasteiger partial charge in [-0.3, -0.25) is 9.69 Å². The van der Waals surface area contributed by atoms with Crippen molar-refractivity contribution >= 4 is 23.3 Å². The summed E-state index contributed by atoms with van der Waals surface area (Å²) in [6.45, 7) is 5.72. The molecule has 0 spiro atoms. The Labute approximate surface area is 159 Å². The number of amides is 3. The summed E-state index contributed by atoms with van der Waals surface area (Å²) in [5, 5.41) is 5.79. The minimum Gasteiger partial charge on any atom is -0.336 e. The topological polar surface area (TPSA) is 61.4 Å². The van der Waals surface area contributed by atoms with E-state index in [0.717, 1.165) is 28.9 Å². The molecule has 2 N–H and O–H groups in total. The van der Waals surface area contributed by atoms with E-state index in [1.807, 2.05) is 18.2 Å². The van der Waals surface area contributed by atoms with Crippen LogP contribution in [0.25, 0.3) is 0 Å². The molecule has 4 rings (SSSR count). The maximum Gasteiger partial charge on any atom is 0.321 e. The van der Waals surface area contributed by atoms with E-state index in [1.165, 1.54) is 5.56 Å². The Kier molecular flexibility index (Phi) is 4.60. The summed E-state index contributed by atoms with van der Waals surface area (Å²) in [7, 11) is 0. The van der Waals surface area contributed by atoms with E-state index in [1.54, 1.807) is 4.90 Å². The first kappa shape index (κ1) is 17.6. The van der Waals surface area contributed by atoms with E-state index in [9.17, 15) is 9.59 Å². The van der Waals surface area contributed by atoms with Gasteiger partial charge in [0.05, 0.1) is 0 Å². The van der Waals surface area contributed by atoms with Crippen LogP contribution in [0.3, 0.4) is 0 Å². The Morgan fingerprint density at radius 2 is 1.89 bits per heavy atom. The van der Waals surface area contributed by atoms with Gasteiger partial charge in [0.1, 0.15) is 0 Å². The fraction of sp³-hybridized carbons (Fsp3) is 0.364. The summed E-state index contributed by atoms with van der Waals surface area (Å²) in [5.74, 6) is 0.684. The van der Waals surface area contributed by atoms with E-state index in [0.29, 0.717) is 25.4 Å². The second-order valence-corrected chi connectivity index (χ2v) is 7.80. The number of nitrogens with zero attached hydrogens (tertiary/aromatic N) is 1. The van der Waals surface area contributed by atoms with Gasteiger partial charge in [-0.15, -0.1) is 0 Å². The van der Waals surface area contributed by atoms with Crippen LogP contribution in [0.4, 0.5) is 16.2 Å². The van der Waals surface area contributed by atoms with Crippen molar-refractivity contribution in [2.24, 2.45) is 5.92 Å². The van der Waals surface area contributed by atoms with Gasteiger partial charge in [0.2, 0.25) is 5.91 Å². The zero-order valence-corrected chi connectivity index (χ0v) is 15.8. The Hall–Kier alpha value is -2.82. The number of carbonyl (C=O) groups is 2. The molecule has 3 amide bonds. The highest BCUT2D eigenvalue weighted by atomic mass is 16.2. The highest BCUT2D eigenvalue weighted by Crippen LogP contribution is 2.39. The number of anilines is 2. The number of benzene rings is 2. The molecule has 0 saturated carbocycles. The molecule has 0 radical (unpaired) electrons. The summed E-state index contributed by atoms with van der Waals surface area (Å²) in [6.07, 6.45) is 1.50. The van der Waals surface area contributed by atoms with Gasteiger partial charge in [-0.1, -0.05) is 44.2 Å². The maximum atomic E-state index is 12.3. The molecule has 1 saturated heterocycles. The first-order chi connectivity index (χ1) is 13.0. The normalized spacial score (nSPS) is 19.1. The number of hydrogen-bond donors (Lipinski definition) is 2.